The summed E-state index contributed by atoms with van der Waals surface area (Å²) in [4.78, 5) is -0.0666. The standard InChI is InChI=1S/C7H15NO.C7H8O3S/c8-7(9)6-4-2-1-3-5-6;1-6-2-4-7(5-3-6)11(8,9)10/h6-7,9H,1-5,8H2;2-5H,1H3,(H,8,9,10). The molecule has 0 saturated heterocycles. The van der Waals surface area contributed by atoms with Gasteiger partial charge in [-0.3, -0.25) is 4.55 Å². The van der Waals surface area contributed by atoms with Crippen molar-refractivity contribution >= 4 is 10.1 Å². The fraction of sp³-hybridized carbons (Fsp3) is 0.571. The van der Waals surface area contributed by atoms with Gasteiger partial charge in [-0.25, -0.2) is 0 Å². The lowest BCUT2D eigenvalue weighted by atomic mass is 9.88. The van der Waals surface area contributed by atoms with Gasteiger partial charge >= 0.3 is 0 Å². The molecule has 0 spiro atoms. The number of rotatable bonds is 2. The van der Waals surface area contributed by atoms with Crippen molar-refractivity contribution < 1.29 is 18.1 Å². The third kappa shape index (κ3) is 6.00. The second kappa shape index (κ2) is 7.73. The van der Waals surface area contributed by atoms with Gasteiger partial charge in [0.1, 0.15) is 6.23 Å². The fourth-order valence-corrected chi connectivity index (χ4v) is 2.67. The molecular formula is C14H23NO4S. The maximum absolute atomic E-state index is 10.5. The van der Waals surface area contributed by atoms with Crippen LogP contribution in [-0.4, -0.2) is 24.3 Å². The summed E-state index contributed by atoms with van der Waals surface area (Å²) in [5.74, 6) is 0.388. The molecule has 0 radical (unpaired) electrons. The molecule has 1 aliphatic rings. The number of aliphatic hydroxyl groups excluding tert-OH is 1. The summed E-state index contributed by atoms with van der Waals surface area (Å²) in [5, 5.41) is 8.95. The predicted octanol–water partition coefficient (Wildman–Crippen LogP) is 2.09. The van der Waals surface area contributed by atoms with E-state index < -0.39 is 16.3 Å². The van der Waals surface area contributed by atoms with E-state index in [-0.39, 0.29) is 4.90 Å². The Morgan fingerprint density at radius 1 is 1.15 bits per heavy atom. The van der Waals surface area contributed by atoms with Crippen molar-refractivity contribution in [2.75, 3.05) is 0 Å². The van der Waals surface area contributed by atoms with Gasteiger partial charge in [0, 0.05) is 0 Å². The largest absolute Gasteiger partial charge is 0.379 e. The van der Waals surface area contributed by atoms with Gasteiger partial charge in [-0.1, -0.05) is 37.0 Å². The molecule has 4 N–H and O–H groups in total. The highest BCUT2D eigenvalue weighted by Crippen LogP contribution is 2.24. The van der Waals surface area contributed by atoms with Crippen molar-refractivity contribution in [3.05, 3.63) is 29.8 Å². The second-order valence-electron chi connectivity index (χ2n) is 5.18. The van der Waals surface area contributed by atoms with Crippen LogP contribution >= 0.6 is 0 Å². The van der Waals surface area contributed by atoms with Crippen LogP contribution in [0.4, 0.5) is 0 Å². The van der Waals surface area contributed by atoms with E-state index >= 15 is 0 Å². The molecule has 114 valence electrons. The summed E-state index contributed by atoms with van der Waals surface area (Å²) >= 11 is 0. The zero-order chi connectivity index (χ0) is 15.2. The third-order valence-electron chi connectivity index (χ3n) is 3.45. The number of hydrogen-bond donors (Lipinski definition) is 3. The van der Waals surface area contributed by atoms with Crippen molar-refractivity contribution in [1.82, 2.24) is 0 Å². The van der Waals surface area contributed by atoms with E-state index in [4.69, 9.17) is 15.4 Å². The summed E-state index contributed by atoms with van der Waals surface area (Å²) < 4.78 is 29.6. The molecule has 1 atom stereocenters. The molecule has 0 aromatic heterocycles. The van der Waals surface area contributed by atoms with Crippen molar-refractivity contribution in [3.8, 4) is 0 Å². The van der Waals surface area contributed by atoms with E-state index in [0.29, 0.717) is 5.92 Å². The third-order valence-corrected chi connectivity index (χ3v) is 4.32. The highest BCUT2D eigenvalue weighted by atomic mass is 32.2. The fourth-order valence-electron chi connectivity index (χ4n) is 2.19. The van der Waals surface area contributed by atoms with Crippen molar-refractivity contribution in [3.63, 3.8) is 0 Å². The summed E-state index contributed by atoms with van der Waals surface area (Å²) in [5.41, 5.74) is 6.28. The molecule has 0 bridgehead atoms. The molecule has 5 nitrogen and oxygen atoms in total. The van der Waals surface area contributed by atoms with Crippen LogP contribution < -0.4 is 5.73 Å². The first-order valence-corrected chi connectivity index (χ1v) is 8.22. The molecular weight excluding hydrogens is 278 g/mol. The minimum atomic E-state index is -4.02. The van der Waals surface area contributed by atoms with Crippen molar-refractivity contribution in [1.29, 1.82) is 0 Å². The molecule has 20 heavy (non-hydrogen) atoms. The molecule has 2 rings (SSSR count). The Bertz CT molecular complexity index is 490. The average molecular weight is 301 g/mol. The summed E-state index contributed by atoms with van der Waals surface area (Å²) in [7, 11) is -4.02. The quantitative estimate of drug-likeness (QED) is 0.573. The number of aliphatic hydroxyl groups is 1. The van der Waals surface area contributed by atoms with Crippen LogP contribution in [0.1, 0.15) is 37.7 Å². The number of benzene rings is 1. The van der Waals surface area contributed by atoms with Gasteiger partial charge in [-0.05, 0) is 37.8 Å². The molecule has 0 aliphatic heterocycles. The van der Waals surface area contributed by atoms with Crippen LogP contribution in [0.25, 0.3) is 0 Å². The summed E-state index contributed by atoms with van der Waals surface area (Å²) in [6.45, 7) is 1.84. The van der Waals surface area contributed by atoms with Crippen LogP contribution in [0.15, 0.2) is 29.2 Å². The summed E-state index contributed by atoms with van der Waals surface area (Å²) in [6, 6.07) is 5.99. The highest BCUT2D eigenvalue weighted by molar-refractivity contribution is 7.85. The van der Waals surface area contributed by atoms with Crippen molar-refractivity contribution in [2.45, 2.75) is 50.2 Å². The highest BCUT2D eigenvalue weighted by Gasteiger charge is 2.17. The number of aryl methyl sites for hydroxylation is 1. The van der Waals surface area contributed by atoms with Gasteiger partial charge in [0.05, 0.1) is 4.90 Å². The lowest BCUT2D eigenvalue weighted by molar-refractivity contribution is 0.0906. The lowest BCUT2D eigenvalue weighted by Gasteiger charge is -2.23. The van der Waals surface area contributed by atoms with Crippen LogP contribution in [0.2, 0.25) is 0 Å². The molecule has 1 aliphatic carbocycles. The Balaban J connectivity index is 0.000000204. The average Bonchev–Trinajstić information content (AvgIpc) is 2.40. The topological polar surface area (TPSA) is 101 Å². The first-order valence-electron chi connectivity index (χ1n) is 6.78. The molecule has 1 aromatic rings. The number of nitrogens with two attached hydrogens (primary N) is 1. The Hall–Kier alpha value is -0.950. The first-order chi connectivity index (χ1) is 9.30. The van der Waals surface area contributed by atoms with Crippen molar-refractivity contribution in [2.24, 2.45) is 11.7 Å². The van der Waals surface area contributed by atoms with Crippen LogP contribution in [-0.2, 0) is 10.1 Å². The smallest absolute Gasteiger partial charge is 0.294 e. The van der Waals surface area contributed by atoms with Crippen LogP contribution in [0.3, 0.4) is 0 Å². The predicted molar refractivity (Wildman–Crippen MR) is 77.8 cm³/mol. The van der Waals surface area contributed by atoms with E-state index in [1.165, 1.54) is 31.4 Å². The zero-order valence-electron chi connectivity index (χ0n) is 11.7. The zero-order valence-corrected chi connectivity index (χ0v) is 12.5. The molecule has 1 fully saturated rings. The van der Waals surface area contributed by atoms with Crippen LogP contribution in [0.5, 0.6) is 0 Å². The molecule has 1 unspecified atom stereocenters. The van der Waals surface area contributed by atoms with E-state index in [0.717, 1.165) is 18.4 Å². The van der Waals surface area contributed by atoms with Gasteiger partial charge < -0.3 is 10.8 Å². The Morgan fingerprint density at radius 2 is 1.65 bits per heavy atom. The van der Waals surface area contributed by atoms with E-state index in [9.17, 15) is 8.42 Å². The minimum absolute atomic E-state index is 0.0666. The molecule has 0 heterocycles. The molecule has 1 aromatic carbocycles. The molecule has 1 saturated carbocycles. The van der Waals surface area contributed by atoms with Gasteiger partial charge in [-0.15, -0.1) is 0 Å². The van der Waals surface area contributed by atoms with E-state index in [1.54, 1.807) is 12.1 Å². The monoisotopic (exact) mass is 301 g/mol. The van der Waals surface area contributed by atoms with E-state index in [2.05, 4.69) is 0 Å². The SMILES string of the molecule is Cc1ccc(S(=O)(=O)O)cc1.NC(O)C1CCCCC1. The Kier molecular flexibility index (Phi) is 6.61. The number of hydrogen-bond acceptors (Lipinski definition) is 4. The maximum atomic E-state index is 10.5. The lowest BCUT2D eigenvalue weighted by Crippen LogP contribution is -2.30. The van der Waals surface area contributed by atoms with Gasteiger partial charge in [0.25, 0.3) is 10.1 Å². The first kappa shape index (κ1) is 17.1. The van der Waals surface area contributed by atoms with Gasteiger partial charge in [-0.2, -0.15) is 8.42 Å². The maximum Gasteiger partial charge on any atom is 0.294 e. The Morgan fingerprint density at radius 3 is 2.00 bits per heavy atom. The van der Waals surface area contributed by atoms with E-state index in [1.807, 2.05) is 6.92 Å². The molecule has 6 heteroatoms. The summed E-state index contributed by atoms with van der Waals surface area (Å²) in [6.07, 6.45) is 5.50. The minimum Gasteiger partial charge on any atom is -0.379 e. The van der Waals surface area contributed by atoms with Crippen LogP contribution in [0, 0.1) is 12.8 Å². The van der Waals surface area contributed by atoms with Gasteiger partial charge in [0.2, 0.25) is 0 Å². The second-order valence-corrected chi connectivity index (χ2v) is 6.60. The molecule has 0 amide bonds. The van der Waals surface area contributed by atoms with Gasteiger partial charge in [0.15, 0.2) is 0 Å². The Labute approximate surface area is 120 Å². The normalized spacial score (nSPS) is 18.0.